The minimum Gasteiger partial charge on any atom is -0.476 e. The van der Waals surface area contributed by atoms with Crippen molar-refractivity contribution in [2.45, 2.75) is 60.3 Å². The van der Waals surface area contributed by atoms with Crippen molar-refractivity contribution in [2.24, 2.45) is 0 Å². The number of hydrogen-bond donors (Lipinski definition) is 4. The van der Waals surface area contributed by atoms with Crippen LogP contribution < -0.4 is 16.0 Å². The number of methoxy groups -OCH3 is 1. The van der Waals surface area contributed by atoms with Gasteiger partial charge < -0.3 is 35.3 Å². The Kier molecular flexibility index (Phi) is 23.2. The molecule has 1 saturated carbocycles. The molecule has 3 amide bonds. The molecule has 0 spiro atoms. The number of anilines is 3. The van der Waals surface area contributed by atoms with Crippen molar-refractivity contribution in [2.75, 3.05) is 48.4 Å². The number of nitrogens with one attached hydrogen (secondary N) is 3. The van der Waals surface area contributed by atoms with Crippen molar-refractivity contribution in [3.63, 3.8) is 0 Å². The number of aromatic nitrogens is 6. The number of benzene rings is 6. The molecule has 9 aromatic rings. The van der Waals surface area contributed by atoms with Gasteiger partial charge in [0.25, 0.3) is 17.7 Å². The lowest BCUT2D eigenvalue weighted by molar-refractivity contribution is 0.0112. The number of carboxylic acids is 1. The maximum atomic E-state index is 13.2. The van der Waals surface area contributed by atoms with E-state index >= 15 is 0 Å². The number of rotatable bonds is 19. The Hall–Kier alpha value is -8.71. The van der Waals surface area contributed by atoms with Crippen molar-refractivity contribution in [3.8, 4) is 17.1 Å². The lowest BCUT2D eigenvalue weighted by Crippen LogP contribution is -2.23. The third kappa shape index (κ3) is 16.5. The van der Waals surface area contributed by atoms with Gasteiger partial charge >= 0.3 is 17.9 Å². The summed E-state index contributed by atoms with van der Waals surface area (Å²) in [5.41, 5.74) is 3.28. The molecule has 3 heterocycles. The van der Waals surface area contributed by atoms with Crippen molar-refractivity contribution >= 4 is 112 Å². The summed E-state index contributed by atoms with van der Waals surface area (Å²) in [6.45, 7) is 1.97. The fourth-order valence-electron chi connectivity index (χ4n) is 8.96. The number of halogens is 3. The van der Waals surface area contributed by atoms with Gasteiger partial charge in [0, 0.05) is 50.9 Å². The largest absolute Gasteiger partial charge is 0.476 e. The molecule has 0 aliphatic heterocycles. The molecule has 1 atom stereocenters. The van der Waals surface area contributed by atoms with Crippen LogP contribution in [0.3, 0.4) is 0 Å². The smallest absolute Gasteiger partial charge is 0.359 e. The molecular formula is C63H58Cl2FN9O10S3. The Bertz CT molecular complexity index is 3890. The van der Waals surface area contributed by atoms with Crippen LogP contribution in [0.5, 0.6) is 0 Å². The quantitative estimate of drug-likeness (QED) is 0.0435. The number of ether oxygens (including phenoxy) is 3. The average Bonchev–Trinajstić information content (AvgIpc) is 2.36. The van der Waals surface area contributed by atoms with Crippen molar-refractivity contribution in [3.05, 3.63) is 213 Å². The van der Waals surface area contributed by atoms with Gasteiger partial charge in [-0.2, -0.15) is 0 Å². The van der Waals surface area contributed by atoms with E-state index < -0.39 is 41.6 Å². The van der Waals surface area contributed by atoms with E-state index in [2.05, 4.69) is 30.9 Å². The fourth-order valence-corrected chi connectivity index (χ4v) is 10.9. The van der Waals surface area contributed by atoms with E-state index in [1.54, 1.807) is 95.1 Å². The van der Waals surface area contributed by atoms with E-state index in [0.29, 0.717) is 42.3 Å². The zero-order valence-electron chi connectivity index (χ0n) is 47.9. The highest BCUT2D eigenvalue weighted by Crippen LogP contribution is 2.33. The summed E-state index contributed by atoms with van der Waals surface area (Å²) in [7, 11) is 1.53. The molecule has 1 aliphatic carbocycles. The lowest BCUT2D eigenvalue weighted by Gasteiger charge is -2.15. The van der Waals surface area contributed by atoms with Gasteiger partial charge in [0.1, 0.15) is 18.0 Å². The summed E-state index contributed by atoms with van der Waals surface area (Å²) >= 11 is 15.8. The Balaban J connectivity index is 0.000000172. The monoisotopic (exact) mass is 1290 g/mol. The van der Waals surface area contributed by atoms with Gasteiger partial charge in [0.2, 0.25) is 0 Å². The SMILES string of the molecule is COCC(C)OC(=O)c1c(NC(=O)c2ccc(Cl)cc2)nc(SC)n1-c1ccccc1.CSc1nc(NC(=O)c2ccc(Cl)cc2)c(C(=O)OC2CCCC2)n1-c1ccccc1.CSc1nc(NC(=O)c2ccc(F)cc2)c(C(=O)O)n1-c1ccccc1. The molecule has 25 heteroatoms. The minimum atomic E-state index is -1.23. The van der Waals surface area contributed by atoms with Crippen molar-refractivity contribution in [1.29, 1.82) is 0 Å². The second-order valence-electron chi connectivity index (χ2n) is 19.1. The third-order valence-electron chi connectivity index (χ3n) is 13.0. The summed E-state index contributed by atoms with van der Waals surface area (Å²) in [6, 6.07) is 45.5. The summed E-state index contributed by atoms with van der Waals surface area (Å²) in [4.78, 5) is 89.5. The molecular weight excluding hydrogens is 1230 g/mol. The summed E-state index contributed by atoms with van der Waals surface area (Å²) in [5, 5.41) is 20.3. The molecule has 454 valence electrons. The van der Waals surface area contributed by atoms with Crippen LogP contribution in [-0.2, 0) is 14.2 Å². The lowest BCUT2D eigenvalue weighted by atomic mass is 10.2. The van der Waals surface area contributed by atoms with Crippen LogP contribution in [0.1, 0.15) is 95.1 Å². The number of hydrogen-bond acceptors (Lipinski definition) is 15. The number of imidazole rings is 3. The number of carboxylic acid groups (broad SMARTS) is 1. The Labute approximate surface area is 528 Å². The second-order valence-corrected chi connectivity index (χ2v) is 22.3. The normalized spacial score (nSPS) is 12.1. The molecule has 4 N–H and O–H groups in total. The van der Waals surface area contributed by atoms with Crippen LogP contribution in [0, 0.1) is 5.82 Å². The number of aromatic carboxylic acids is 1. The number of carbonyl (C=O) groups is 6. The third-order valence-corrected chi connectivity index (χ3v) is 15.4. The predicted octanol–water partition coefficient (Wildman–Crippen LogP) is 14.0. The first-order valence-electron chi connectivity index (χ1n) is 27.0. The number of carbonyl (C=O) groups excluding carboxylic acids is 5. The van der Waals surface area contributed by atoms with E-state index in [-0.39, 0.29) is 58.7 Å². The van der Waals surface area contributed by atoms with Gasteiger partial charge in [-0.25, -0.2) is 33.7 Å². The van der Waals surface area contributed by atoms with Gasteiger partial charge in [-0.1, -0.05) is 113 Å². The summed E-state index contributed by atoms with van der Waals surface area (Å²) < 4.78 is 34.3. The Morgan fingerprint density at radius 1 is 0.545 bits per heavy atom. The molecule has 0 radical (unpaired) electrons. The van der Waals surface area contributed by atoms with Gasteiger partial charge in [0.15, 0.2) is 50.0 Å². The number of nitrogens with zero attached hydrogens (tertiary/aromatic N) is 6. The van der Waals surface area contributed by atoms with Crippen LogP contribution in [0.4, 0.5) is 21.8 Å². The molecule has 1 unspecified atom stereocenters. The Morgan fingerprint density at radius 3 is 1.24 bits per heavy atom. The first-order valence-corrected chi connectivity index (χ1v) is 31.5. The van der Waals surface area contributed by atoms with E-state index in [1.165, 1.54) is 59.1 Å². The van der Waals surface area contributed by atoms with Gasteiger partial charge in [-0.3, -0.25) is 28.1 Å². The zero-order valence-corrected chi connectivity index (χ0v) is 51.9. The van der Waals surface area contributed by atoms with E-state index in [1.807, 2.05) is 79.2 Å². The molecule has 1 fully saturated rings. The average molecular weight is 1290 g/mol. The first kappa shape index (κ1) is 65.3. The molecule has 6 aromatic carbocycles. The van der Waals surface area contributed by atoms with Gasteiger partial charge in [-0.05, 0) is 161 Å². The highest BCUT2D eigenvalue weighted by molar-refractivity contribution is 7.98. The molecule has 88 heavy (non-hydrogen) atoms. The van der Waals surface area contributed by atoms with E-state index in [4.69, 9.17) is 37.4 Å². The maximum absolute atomic E-state index is 13.2. The van der Waals surface area contributed by atoms with Crippen LogP contribution in [-0.4, -0.2) is 114 Å². The second kappa shape index (κ2) is 31.3. The standard InChI is InChI=1S/C23H22ClN3O3S.C22H22ClN3O4S.C18H14FN3O3S/c1-31-23-26-20(25-21(28)15-11-13-16(24)14-12-15)19(22(29)30-18-9-5-6-10-18)27(23)17-7-3-2-4-8-17;1-14(13-29-2)30-21(28)18-19(24-20(27)15-9-11-16(23)12-10-15)25-22(31-3)26(18)17-7-5-4-6-8-17;1-26-18-21-15(20-16(23)11-7-9-12(19)10-8-11)14(17(24)25)22(18)13-5-3-2-4-6-13/h2-4,7-8,11-14,18H,5-6,9-10H2,1H3,(H,25,28);4-12,14H,13H2,1-3H3,(H,24,27);2-10H,1H3,(H,20,23)(H,24,25). The number of para-hydroxylation sites is 3. The van der Waals surface area contributed by atoms with Crippen molar-refractivity contribution in [1.82, 2.24) is 28.7 Å². The highest BCUT2D eigenvalue weighted by Gasteiger charge is 2.32. The minimum absolute atomic E-state index is 0.0694. The number of esters is 2. The van der Waals surface area contributed by atoms with Crippen LogP contribution >= 0.6 is 58.5 Å². The van der Waals surface area contributed by atoms with Gasteiger partial charge in [-0.15, -0.1) is 0 Å². The van der Waals surface area contributed by atoms with Crippen LogP contribution in [0.2, 0.25) is 10.0 Å². The molecule has 19 nitrogen and oxygen atoms in total. The van der Waals surface area contributed by atoms with E-state index in [9.17, 15) is 38.3 Å². The summed E-state index contributed by atoms with van der Waals surface area (Å²) in [6.07, 6.45) is 8.70. The molecule has 1 aliphatic rings. The fraction of sp³-hybridized carbons (Fsp3) is 0.190. The maximum Gasteiger partial charge on any atom is 0.359 e. The molecule has 0 bridgehead atoms. The number of thioether (sulfide) groups is 3. The van der Waals surface area contributed by atoms with Crippen molar-refractivity contribution < 1.29 is 52.5 Å². The Morgan fingerprint density at radius 2 is 0.886 bits per heavy atom. The zero-order chi connectivity index (χ0) is 62.9. The van der Waals surface area contributed by atoms with Crippen LogP contribution in [0.15, 0.2) is 179 Å². The molecule has 0 saturated heterocycles. The van der Waals surface area contributed by atoms with Crippen LogP contribution in [0.25, 0.3) is 17.1 Å². The highest BCUT2D eigenvalue weighted by atomic mass is 35.5. The molecule has 10 rings (SSSR count). The summed E-state index contributed by atoms with van der Waals surface area (Å²) in [5.74, 6) is -3.95. The molecule has 3 aromatic heterocycles. The topological polar surface area (TPSA) is 240 Å². The predicted molar refractivity (Wildman–Crippen MR) is 341 cm³/mol. The first-order chi connectivity index (χ1) is 42.5. The van der Waals surface area contributed by atoms with Gasteiger partial charge in [0.05, 0.1) is 6.61 Å². The number of amides is 3. The van der Waals surface area contributed by atoms with E-state index in [0.717, 1.165) is 49.2 Å².